The molecule has 1 aromatic carbocycles. The second-order valence-corrected chi connectivity index (χ2v) is 4.20. The smallest absolute Gasteiger partial charge is 0.222 e. The fourth-order valence-electron chi connectivity index (χ4n) is 1.80. The minimum absolute atomic E-state index is 0.160. The van der Waals surface area contributed by atoms with Gasteiger partial charge in [0.25, 0.3) is 0 Å². The van der Waals surface area contributed by atoms with Gasteiger partial charge in [-0.25, -0.2) is 4.98 Å². The molecule has 0 radical (unpaired) electrons. The number of hydrogen-bond donors (Lipinski definition) is 1. The van der Waals surface area contributed by atoms with Gasteiger partial charge in [0.15, 0.2) is 0 Å². The van der Waals surface area contributed by atoms with Gasteiger partial charge in [-0.15, -0.1) is 0 Å². The van der Waals surface area contributed by atoms with Gasteiger partial charge >= 0.3 is 0 Å². The third kappa shape index (κ3) is 2.64. The second-order valence-electron chi connectivity index (χ2n) is 4.20. The number of aromatic amines is 1. The van der Waals surface area contributed by atoms with Crippen molar-refractivity contribution in [1.29, 1.82) is 0 Å². The normalized spacial score (nSPS) is 10.7. The number of benzene rings is 1. The molecule has 0 aliphatic carbocycles. The monoisotopic (exact) mass is 231 g/mol. The zero-order chi connectivity index (χ0) is 12.3. The molecule has 0 fully saturated rings. The molecule has 0 saturated heterocycles. The maximum atomic E-state index is 11.6. The molecule has 0 aliphatic heterocycles. The quantitative estimate of drug-likeness (QED) is 0.877. The first-order valence-corrected chi connectivity index (χ1v) is 5.88. The molecule has 1 N–H and O–H groups in total. The summed E-state index contributed by atoms with van der Waals surface area (Å²) in [6.07, 6.45) is 1.47. The number of hydrogen-bond acceptors (Lipinski definition) is 2. The number of carbonyl (C=O) groups is 1. The highest BCUT2D eigenvalue weighted by Gasteiger charge is 2.10. The number of nitrogens with zero attached hydrogens (tertiary/aromatic N) is 2. The van der Waals surface area contributed by atoms with Gasteiger partial charge in [-0.05, 0) is 18.6 Å². The third-order valence-electron chi connectivity index (χ3n) is 2.71. The summed E-state index contributed by atoms with van der Waals surface area (Å²) in [5.74, 6) is 0.992. The van der Waals surface area contributed by atoms with Gasteiger partial charge in [-0.2, -0.15) is 0 Å². The van der Waals surface area contributed by atoms with Crippen LogP contribution in [-0.4, -0.2) is 27.8 Å². The van der Waals surface area contributed by atoms with Gasteiger partial charge in [0.2, 0.25) is 5.91 Å². The summed E-state index contributed by atoms with van der Waals surface area (Å²) in [6.45, 7) is 2.54. The molecule has 0 bridgehead atoms. The fraction of sp³-hybridized carbons (Fsp3) is 0.385. The van der Waals surface area contributed by atoms with Gasteiger partial charge in [0.05, 0.1) is 17.6 Å². The molecule has 1 aromatic heterocycles. The first-order valence-electron chi connectivity index (χ1n) is 5.88. The zero-order valence-corrected chi connectivity index (χ0v) is 10.2. The number of nitrogens with one attached hydrogen (secondary N) is 1. The van der Waals surface area contributed by atoms with E-state index < -0.39 is 0 Å². The number of fused-ring (bicyclic) bond motifs is 1. The van der Waals surface area contributed by atoms with Crippen LogP contribution in [0.2, 0.25) is 0 Å². The van der Waals surface area contributed by atoms with E-state index in [4.69, 9.17) is 0 Å². The van der Waals surface area contributed by atoms with E-state index in [1.54, 1.807) is 4.90 Å². The van der Waals surface area contributed by atoms with E-state index in [1.807, 2.05) is 38.2 Å². The minimum Gasteiger partial charge on any atom is -0.340 e. The molecule has 0 unspecified atom stereocenters. The minimum atomic E-state index is 0.160. The molecule has 1 amide bonds. The standard InChI is InChI=1S/C13H17N3O/c1-3-6-13(17)16(2)9-12-14-10-7-4-5-8-11(10)15-12/h4-5,7-8H,3,6,9H2,1-2H3,(H,14,15). The van der Waals surface area contributed by atoms with Crippen molar-refractivity contribution in [3.63, 3.8) is 0 Å². The van der Waals surface area contributed by atoms with E-state index in [0.29, 0.717) is 13.0 Å². The maximum absolute atomic E-state index is 11.6. The molecule has 0 atom stereocenters. The number of rotatable bonds is 4. The highest BCUT2D eigenvalue weighted by atomic mass is 16.2. The molecule has 17 heavy (non-hydrogen) atoms. The lowest BCUT2D eigenvalue weighted by atomic mass is 10.3. The molecular formula is C13H17N3O. The van der Waals surface area contributed by atoms with Crippen molar-refractivity contribution in [2.24, 2.45) is 0 Å². The molecule has 1 heterocycles. The van der Waals surface area contributed by atoms with Crippen LogP contribution in [0.5, 0.6) is 0 Å². The van der Waals surface area contributed by atoms with Crippen molar-refractivity contribution in [3.05, 3.63) is 30.1 Å². The van der Waals surface area contributed by atoms with Crippen LogP contribution < -0.4 is 0 Å². The van der Waals surface area contributed by atoms with Gasteiger partial charge in [0.1, 0.15) is 5.82 Å². The van der Waals surface area contributed by atoms with E-state index in [9.17, 15) is 4.79 Å². The highest BCUT2D eigenvalue weighted by Crippen LogP contribution is 2.11. The summed E-state index contributed by atoms with van der Waals surface area (Å²) in [5.41, 5.74) is 1.96. The Balaban J connectivity index is 2.10. The van der Waals surface area contributed by atoms with Crippen molar-refractivity contribution in [2.75, 3.05) is 7.05 Å². The largest absolute Gasteiger partial charge is 0.340 e. The summed E-state index contributed by atoms with van der Waals surface area (Å²) in [5, 5.41) is 0. The Morgan fingerprint density at radius 2 is 2.18 bits per heavy atom. The SMILES string of the molecule is CCCC(=O)N(C)Cc1nc2ccccc2[nH]1. The second kappa shape index (κ2) is 4.99. The van der Waals surface area contributed by atoms with Crippen molar-refractivity contribution < 1.29 is 4.79 Å². The zero-order valence-electron chi connectivity index (χ0n) is 10.2. The van der Waals surface area contributed by atoms with Gasteiger partial charge < -0.3 is 9.88 Å². The number of H-pyrrole nitrogens is 1. The highest BCUT2D eigenvalue weighted by molar-refractivity contribution is 5.76. The van der Waals surface area contributed by atoms with E-state index in [0.717, 1.165) is 23.3 Å². The molecule has 2 rings (SSSR count). The summed E-state index contributed by atoms with van der Waals surface area (Å²) in [4.78, 5) is 21.0. The molecule has 4 heteroatoms. The van der Waals surface area contributed by atoms with Crippen LogP contribution >= 0.6 is 0 Å². The van der Waals surface area contributed by atoms with E-state index in [2.05, 4.69) is 9.97 Å². The number of aromatic nitrogens is 2. The first-order chi connectivity index (χ1) is 8.20. The fourth-order valence-corrected chi connectivity index (χ4v) is 1.80. The lowest BCUT2D eigenvalue weighted by Gasteiger charge is -2.14. The Morgan fingerprint density at radius 3 is 2.88 bits per heavy atom. The van der Waals surface area contributed by atoms with Crippen molar-refractivity contribution >= 4 is 16.9 Å². The lowest BCUT2D eigenvalue weighted by molar-refractivity contribution is -0.130. The predicted octanol–water partition coefficient (Wildman–Crippen LogP) is 2.32. The third-order valence-corrected chi connectivity index (χ3v) is 2.71. The summed E-state index contributed by atoms with van der Waals surface area (Å²) in [6, 6.07) is 7.87. The Kier molecular flexibility index (Phi) is 3.42. The van der Waals surface area contributed by atoms with E-state index in [1.165, 1.54) is 0 Å². The number of carbonyl (C=O) groups excluding carboxylic acids is 1. The van der Waals surface area contributed by atoms with Crippen LogP contribution in [0.3, 0.4) is 0 Å². The number of imidazole rings is 1. The van der Waals surface area contributed by atoms with Crippen molar-refractivity contribution in [3.8, 4) is 0 Å². The lowest BCUT2D eigenvalue weighted by Crippen LogP contribution is -2.26. The molecule has 0 aliphatic rings. The molecule has 0 saturated carbocycles. The molecular weight excluding hydrogens is 214 g/mol. The van der Waals surface area contributed by atoms with Crippen LogP contribution in [-0.2, 0) is 11.3 Å². The maximum Gasteiger partial charge on any atom is 0.222 e. The van der Waals surface area contributed by atoms with Crippen molar-refractivity contribution in [2.45, 2.75) is 26.3 Å². The predicted molar refractivity (Wildman–Crippen MR) is 67.5 cm³/mol. The number of amides is 1. The number of para-hydroxylation sites is 2. The van der Waals surface area contributed by atoms with Crippen LogP contribution in [0.1, 0.15) is 25.6 Å². The average Bonchev–Trinajstić information content (AvgIpc) is 2.71. The summed E-state index contributed by atoms with van der Waals surface area (Å²) in [7, 11) is 1.81. The van der Waals surface area contributed by atoms with Crippen LogP contribution in [0.25, 0.3) is 11.0 Å². The van der Waals surface area contributed by atoms with Gasteiger partial charge in [-0.3, -0.25) is 4.79 Å². The first kappa shape index (κ1) is 11.6. The van der Waals surface area contributed by atoms with Gasteiger partial charge in [0, 0.05) is 13.5 Å². The Bertz CT molecular complexity index is 485. The molecule has 0 spiro atoms. The van der Waals surface area contributed by atoms with Crippen molar-refractivity contribution in [1.82, 2.24) is 14.9 Å². The topological polar surface area (TPSA) is 49.0 Å². The van der Waals surface area contributed by atoms with Crippen LogP contribution in [0.4, 0.5) is 0 Å². The van der Waals surface area contributed by atoms with E-state index >= 15 is 0 Å². The Labute approximate surface area is 101 Å². The summed E-state index contributed by atoms with van der Waals surface area (Å²) < 4.78 is 0. The van der Waals surface area contributed by atoms with Crippen LogP contribution in [0.15, 0.2) is 24.3 Å². The van der Waals surface area contributed by atoms with E-state index in [-0.39, 0.29) is 5.91 Å². The average molecular weight is 231 g/mol. The van der Waals surface area contributed by atoms with Crippen LogP contribution in [0, 0.1) is 0 Å². The molecule has 4 nitrogen and oxygen atoms in total. The molecule has 90 valence electrons. The van der Waals surface area contributed by atoms with Gasteiger partial charge in [-0.1, -0.05) is 19.1 Å². The molecule has 2 aromatic rings. The Hall–Kier alpha value is -1.84. The Morgan fingerprint density at radius 1 is 1.41 bits per heavy atom. The summed E-state index contributed by atoms with van der Waals surface area (Å²) >= 11 is 0.